The van der Waals surface area contributed by atoms with Gasteiger partial charge < -0.3 is 14.2 Å². The summed E-state index contributed by atoms with van der Waals surface area (Å²) in [7, 11) is 0. The van der Waals surface area contributed by atoms with Crippen LogP contribution in [-0.4, -0.2) is 49.2 Å². The van der Waals surface area contributed by atoms with Crippen molar-refractivity contribution >= 4 is 16.7 Å². The third-order valence-electron chi connectivity index (χ3n) is 5.32. The summed E-state index contributed by atoms with van der Waals surface area (Å²) < 4.78 is 21.0. The van der Waals surface area contributed by atoms with Crippen molar-refractivity contribution in [2.75, 3.05) is 19.8 Å². The van der Waals surface area contributed by atoms with Crippen LogP contribution >= 0.6 is 0 Å². The van der Waals surface area contributed by atoms with Crippen molar-refractivity contribution in [3.05, 3.63) is 54.5 Å². The molecule has 34 heavy (non-hydrogen) atoms. The molecule has 5 rings (SSSR count). The molecule has 0 unspecified atom stereocenters. The molecule has 9 nitrogen and oxygen atoms in total. The Morgan fingerprint density at radius 1 is 0.882 bits per heavy atom. The minimum atomic E-state index is 0.496. The van der Waals surface area contributed by atoms with E-state index >= 15 is 0 Å². The molecule has 0 bridgehead atoms. The van der Waals surface area contributed by atoms with Gasteiger partial charge in [0.2, 0.25) is 5.75 Å². The van der Waals surface area contributed by atoms with Crippen molar-refractivity contribution in [3.63, 3.8) is 0 Å². The lowest BCUT2D eigenvalue weighted by Crippen LogP contribution is -2.03. The fourth-order valence-corrected chi connectivity index (χ4v) is 3.91. The van der Waals surface area contributed by atoms with E-state index in [0.29, 0.717) is 54.2 Å². The summed E-state index contributed by atoms with van der Waals surface area (Å²) in [6.07, 6.45) is 3.43. The van der Waals surface area contributed by atoms with Crippen molar-refractivity contribution in [3.8, 4) is 34.3 Å². The lowest BCUT2D eigenvalue weighted by molar-refractivity contribution is 0.261. The van der Waals surface area contributed by atoms with Gasteiger partial charge in [-0.25, -0.2) is 19.2 Å². The van der Waals surface area contributed by atoms with E-state index in [1.54, 1.807) is 17.0 Å². The summed E-state index contributed by atoms with van der Waals surface area (Å²) in [4.78, 5) is 9.43. The van der Waals surface area contributed by atoms with Gasteiger partial charge in [0.25, 0.3) is 0 Å². The maximum atomic E-state index is 5.85. The number of hydrogen-bond donors (Lipinski definition) is 0. The summed E-state index contributed by atoms with van der Waals surface area (Å²) >= 11 is 0. The van der Waals surface area contributed by atoms with Crippen molar-refractivity contribution in [1.82, 2.24) is 29.4 Å². The van der Waals surface area contributed by atoms with Gasteiger partial charge in [-0.1, -0.05) is 12.1 Å². The molecule has 0 aliphatic carbocycles. The van der Waals surface area contributed by atoms with Gasteiger partial charge in [-0.2, -0.15) is 5.10 Å². The molecule has 0 aliphatic heterocycles. The molecular weight excluding hydrogens is 432 g/mol. The zero-order valence-electron chi connectivity index (χ0n) is 19.6. The Bertz CT molecular complexity index is 1450. The van der Waals surface area contributed by atoms with E-state index in [2.05, 4.69) is 34.2 Å². The summed E-state index contributed by atoms with van der Waals surface area (Å²) in [6.45, 7) is 9.33. The minimum absolute atomic E-state index is 0.496. The highest BCUT2D eigenvalue weighted by molar-refractivity contribution is 5.90. The van der Waals surface area contributed by atoms with Crippen molar-refractivity contribution in [2.24, 2.45) is 0 Å². The highest BCUT2D eigenvalue weighted by atomic mass is 16.5. The highest BCUT2D eigenvalue weighted by Crippen LogP contribution is 2.41. The standard InChI is InChI=1S/C25H26N6O3/c1-5-32-20-12-17(13-21(33-6-2)22(20)34-7-3)23-28-25-19-14-27-31(18-10-8-9-16(4)11-18)24(19)26-15-30(25)29-23/h8-15H,5-7H2,1-4H3. The topological polar surface area (TPSA) is 88.6 Å². The molecule has 3 aromatic heterocycles. The monoisotopic (exact) mass is 458 g/mol. The average molecular weight is 459 g/mol. The van der Waals surface area contributed by atoms with E-state index in [1.807, 2.05) is 49.7 Å². The van der Waals surface area contributed by atoms with Crippen LogP contribution in [0.1, 0.15) is 26.3 Å². The van der Waals surface area contributed by atoms with E-state index in [0.717, 1.165) is 22.2 Å². The normalized spacial score (nSPS) is 11.3. The van der Waals surface area contributed by atoms with Crippen LogP contribution in [0.25, 0.3) is 33.8 Å². The maximum absolute atomic E-state index is 5.85. The van der Waals surface area contributed by atoms with E-state index < -0.39 is 0 Å². The van der Waals surface area contributed by atoms with Crippen LogP contribution in [0.15, 0.2) is 48.9 Å². The molecule has 0 aliphatic rings. The first-order valence-corrected chi connectivity index (χ1v) is 11.4. The quantitative estimate of drug-likeness (QED) is 0.335. The SMILES string of the molecule is CCOc1cc(-c2nc3c4cnn(-c5cccc(C)c5)c4ncn3n2)cc(OCC)c1OCC. The van der Waals surface area contributed by atoms with Gasteiger partial charge in [0, 0.05) is 5.56 Å². The Labute approximate surface area is 196 Å². The second kappa shape index (κ2) is 9.01. The first kappa shape index (κ1) is 21.7. The molecule has 9 heteroatoms. The summed E-state index contributed by atoms with van der Waals surface area (Å²) in [5.41, 5.74) is 4.24. The van der Waals surface area contributed by atoms with Gasteiger partial charge in [-0.3, -0.25) is 0 Å². The molecule has 0 fully saturated rings. The Morgan fingerprint density at radius 3 is 2.29 bits per heavy atom. The molecule has 0 saturated heterocycles. The molecule has 0 radical (unpaired) electrons. The largest absolute Gasteiger partial charge is 0.490 e. The molecule has 0 N–H and O–H groups in total. The number of rotatable bonds is 8. The first-order valence-electron chi connectivity index (χ1n) is 11.4. The van der Waals surface area contributed by atoms with E-state index in [1.165, 1.54) is 0 Å². The van der Waals surface area contributed by atoms with Crippen molar-refractivity contribution in [2.45, 2.75) is 27.7 Å². The fraction of sp³-hybridized carbons (Fsp3) is 0.280. The van der Waals surface area contributed by atoms with Gasteiger partial charge in [-0.15, -0.1) is 5.10 Å². The van der Waals surface area contributed by atoms with Gasteiger partial charge in [0.1, 0.15) is 6.33 Å². The number of aromatic nitrogens is 6. The molecule has 5 aromatic rings. The molecule has 0 spiro atoms. The van der Waals surface area contributed by atoms with Crippen LogP contribution < -0.4 is 14.2 Å². The number of benzene rings is 2. The van der Waals surface area contributed by atoms with Crippen LogP contribution in [-0.2, 0) is 0 Å². The summed E-state index contributed by atoms with van der Waals surface area (Å²) in [5.74, 6) is 2.31. The molecule has 0 saturated carbocycles. The van der Waals surface area contributed by atoms with Crippen LogP contribution in [0, 0.1) is 6.92 Å². The highest BCUT2D eigenvalue weighted by Gasteiger charge is 2.19. The lowest BCUT2D eigenvalue weighted by atomic mass is 10.1. The molecule has 2 aromatic carbocycles. The van der Waals surface area contributed by atoms with E-state index in [9.17, 15) is 0 Å². The number of ether oxygens (including phenoxy) is 3. The first-order chi connectivity index (χ1) is 16.6. The van der Waals surface area contributed by atoms with Crippen LogP contribution in [0.4, 0.5) is 0 Å². The number of nitrogens with zero attached hydrogens (tertiary/aromatic N) is 6. The fourth-order valence-electron chi connectivity index (χ4n) is 3.91. The number of fused-ring (bicyclic) bond motifs is 3. The van der Waals surface area contributed by atoms with Crippen LogP contribution in [0.5, 0.6) is 17.2 Å². The van der Waals surface area contributed by atoms with Crippen molar-refractivity contribution < 1.29 is 14.2 Å². The Kier molecular flexibility index (Phi) is 5.75. The Balaban J connectivity index is 1.64. The lowest BCUT2D eigenvalue weighted by Gasteiger charge is -2.16. The minimum Gasteiger partial charge on any atom is -0.490 e. The van der Waals surface area contributed by atoms with Crippen LogP contribution in [0.3, 0.4) is 0 Å². The van der Waals surface area contributed by atoms with Gasteiger partial charge in [0.05, 0.1) is 37.1 Å². The zero-order valence-corrected chi connectivity index (χ0v) is 19.6. The average Bonchev–Trinajstić information content (AvgIpc) is 3.45. The van der Waals surface area contributed by atoms with Crippen LogP contribution in [0.2, 0.25) is 0 Å². The maximum Gasteiger partial charge on any atom is 0.203 e. The number of hydrogen-bond acceptors (Lipinski definition) is 7. The molecule has 0 amide bonds. The third-order valence-corrected chi connectivity index (χ3v) is 5.32. The molecule has 3 heterocycles. The second-order valence-corrected chi connectivity index (χ2v) is 7.68. The van der Waals surface area contributed by atoms with E-state index in [4.69, 9.17) is 19.2 Å². The van der Waals surface area contributed by atoms with Gasteiger partial charge in [-0.05, 0) is 57.5 Å². The predicted octanol–water partition coefficient (Wildman–Crippen LogP) is 4.63. The van der Waals surface area contributed by atoms with E-state index in [-0.39, 0.29) is 0 Å². The molecule has 0 atom stereocenters. The smallest absolute Gasteiger partial charge is 0.203 e. The van der Waals surface area contributed by atoms with Gasteiger partial charge >= 0.3 is 0 Å². The number of aryl methyl sites for hydroxylation is 1. The summed E-state index contributed by atoms with van der Waals surface area (Å²) in [5, 5.41) is 10.0. The summed E-state index contributed by atoms with van der Waals surface area (Å²) in [6, 6.07) is 11.9. The Hall–Kier alpha value is -4.14. The van der Waals surface area contributed by atoms with Gasteiger partial charge in [0.15, 0.2) is 28.6 Å². The van der Waals surface area contributed by atoms with Crippen molar-refractivity contribution in [1.29, 1.82) is 0 Å². The second-order valence-electron chi connectivity index (χ2n) is 7.68. The predicted molar refractivity (Wildman–Crippen MR) is 129 cm³/mol. The zero-order chi connectivity index (χ0) is 23.7. The molecular formula is C25H26N6O3. The Morgan fingerprint density at radius 2 is 1.62 bits per heavy atom. The third kappa shape index (κ3) is 3.79. The molecule has 174 valence electrons.